The Labute approximate surface area is 281 Å². The topological polar surface area (TPSA) is 185 Å². The average molecular weight is 683 g/mol. The summed E-state index contributed by atoms with van der Waals surface area (Å²) in [5.41, 5.74) is 9.19. The van der Waals surface area contributed by atoms with Crippen molar-refractivity contribution in [2.24, 2.45) is 0 Å². The van der Waals surface area contributed by atoms with E-state index in [-0.39, 0.29) is 36.6 Å². The van der Waals surface area contributed by atoms with Crippen molar-refractivity contribution < 1.29 is 19.4 Å². The van der Waals surface area contributed by atoms with Crippen LogP contribution in [-0.4, -0.2) is 92.5 Å². The Morgan fingerprint density at radius 1 is 1.17 bits per heavy atom. The Morgan fingerprint density at radius 3 is 2.72 bits per heavy atom. The number of piperidine rings is 1. The molecule has 6 N–H and O–H groups in total. The molecule has 2 fully saturated rings. The molecular weight excluding hydrogens is 641 g/mol. The lowest BCUT2D eigenvalue weighted by Crippen LogP contribution is -2.47. The molecule has 1 saturated carbocycles. The minimum absolute atomic E-state index is 0.00405. The summed E-state index contributed by atoms with van der Waals surface area (Å²) in [6.45, 7) is 5.44. The van der Waals surface area contributed by atoms with Gasteiger partial charge in [0.1, 0.15) is 23.6 Å². The molecule has 47 heavy (non-hydrogen) atoms. The number of nitrogen functional groups attached to an aromatic ring is 1. The van der Waals surface area contributed by atoms with E-state index in [1.54, 1.807) is 11.6 Å². The minimum atomic E-state index is -0.250. The molecule has 2 atom stereocenters. The molecule has 6 rings (SSSR count). The molecule has 252 valence electrons. The maximum atomic E-state index is 13.7. The second-order valence-corrected chi connectivity index (χ2v) is 14.2. The summed E-state index contributed by atoms with van der Waals surface area (Å²) in [5.74, 6) is 0.304. The van der Waals surface area contributed by atoms with Crippen LogP contribution in [0.5, 0.6) is 5.88 Å². The Bertz CT molecular complexity index is 1710. The fourth-order valence-electron chi connectivity index (χ4n) is 6.41. The predicted molar refractivity (Wildman–Crippen MR) is 182 cm³/mol. The van der Waals surface area contributed by atoms with Gasteiger partial charge in [0, 0.05) is 43.6 Å². The number of nitrogens with one attached hydrogen (secondary N) is 3. The maximum absolute atomic E-state index is 13.7. The van der Waals surface area contributed by atoms with Crippen molar-refractivity contribution in [3.05, 3.63) is 32.7 Å². The summed E-state index contributed by atoms with van der Waals surface area (Å²) in [6, 6.07) is 2.34. The number of hydrogen-bond acceptors (Lipinski definition) is 13. The molecule has 0 aromatic carbocycles. The number of amides is 2. The predicted octanol–water partition coefficient (Wildman–Crippen LogP) is 3.01. The molecule has 14 nitrogen and oxygen atoms in total. The number of nitrogens with two attached hydrogens (primary N) is 1. The second kappa shape index (κ2) is 14.5. The van der Waals surface area contributed by atoms with Crippen molar-refractivity contribution in [3.8, 4) is 17.3 Å². The number of aliphatic hydroxyl groups is 1. The van der Waals surface area contributed by atoms with Crippen LogP contribution in [0.4, 0.5) is 11.5 Å². The highest BCUT2D eigenvalue weighted by atomic mass is 32.1. The van der Waals surface area contributed by atoms with Crippen LogP contribution in [0.3, 0.4) is 0 Å². The average Bonchev–Trinajstić information content (AvgIpc) is 3.82. The molecule has 0 radical (unpaired) electrons. The van der Waals surface area contributed by atoms with Gasteiger partial charge in [-0.05, 0) is 57.9 Å². The fraction of sp³-hybridized carbons (Fsp3) is 0.548. The van der Waals surface area contributed by atoms with Gasteiger partial charge in [0.2, 0.25) is 5.88 Å². The van der Waals surface area contributed by atoms with Crippen LogP contribution in [0.25, 0.3) is 16.9 Å². The van der Waals surface area contributed by atoms with Gasteiger partial charge >= 0.3 is 0 Å². The van der Waals surface area contributed by atoms with Crippen molar-refractivity contribution in [2.45, 2.75) is 83.0 Å². The third kappa shape index (κ3) is 7.20. The number of thiazole rings is 2. The molecule has 0 bridgehead atoms. The van der Waals surface area contributed by atoms with Gasteiger partial charge in [-0.1, -0.05) is 6.92 Å². The van der Waals surface area contributed by atoms with E-state index >= 15 is 0 Å². The number of carbonyl (C=O) groups is 2. The number of rotatable bonds is 11. The molecule has 1 aliphatic carbocycles. The van der Waals surface area contributed by atoms with Gasteiger partial charge in [0.05, 0.1) is 23.0 Å². The monoisotopic (exact) mass is 682 g/mol. The molecule has 0 spiro atoms. The standard InChI is InChI=1S/C31H42N10O4S2/c1-4-18(14-42)37-19-7-9-21(10-8-19)45-30-26(47-17(2)36-30)28(43)38-20-6-5-11-40(13-20)24-12-23(41-25(24)27(32)34-16-35-41)22-15-46-31(39-22)29(44)33-3/h12,15-16,18-21,37,42H,4-11,13-14H2,1-3H3,(H,33,44)(H,38,43)(H2,32,34,35)/t18-,19?,20-,21?/m1/s1. The van der Waals surface area contributed by atoms with Gasteiger partial charge in [0.25, 0.3) is 11.8 Å². The van der Waals surface area contributed by atoms with E-state index in [1.165, 1.54) is 29.0 Å². The van der Waals surface area contributed by atoms with Crippen molar-refractivity contribution in [1.29, 1.82) is 0 Å². The highest BCUT2D eigenvalue weighted by Crippen LogP contribution is 2.36. The Hall–Kier alpha value is -3.86. The van der Waals surface area contributed by atoms with Gasteiger partial charge < -0.3 is 36.4 Å². The van der Waals surface area contributed by atoms with E-state index in [9.17, 15) is 14.7 Å². The summed E-state index contributed by atoms with van der Waals surface area (Å²) in [4.78, 5) is 41.9. The summed E-state index contributed by atoms with van der Waals surface area (Å²) in [7, 11) is 1.57. The lowest BCUT2D eigenvalue weighted by atomic mass is 9.92. The largest absolute Gasteiger partial charge is 0.473 e. The van der Waals surface area contributed by atoms with Crippen LogP contribution in [0, 0.1) is 6.92 Å². The normalized spacial score (nSPS) is 20.7. The Balaban J connectivity index is 1.14. The zero-order chi connectivity index (χ0) is 33.1. The van der Waals surface area contributed by atoms with Crippen molar-refractivity contribution in [2.75, 3.05) is 37.4 Å². The molecule has 16 heteroatoms. The van der Waals surface area contributed by atoms with Gasteiger partial charge in [-0.3, -0.25) is 9.59 Å². The molecule has 5 heterocycles. The quantitative estimate of drug-likeness (QED) is 0.157. The molecule has 2 aliphatic rings. The summed E-state index contributed by atoms with van der Waals surface area (Å²) < 4.78 is 8.05. The number of anilines is 2. The number of aryl methyl sites for hydroxylation is 1. The highest BCUT2D eigenvalue weighted by molar-refractivity contribution is 7.14. The number of fused-ring (bicyclic) bond motifs is 1. The summed E-state index contributed by atoms with van der Waals surface area (Å²) in [6.07, 6.45) is 7.61. The number of ether oxygens (including phenoxy) is 1. The lowest BCUT2D eigenvalue weighted by molar-refractivity contribution is 0.0918. The molecule has 4 aromatic heterocycles. The van der Waals surface area contributed by atoms with E-state index < -0.39 is 0 Å². The molecular formula is C31H42N10O4S2. The first-order chi connectivity index (χ1) is 22.8. The lowest BCUT2D eigenvalue weighted by Gasteiger charge is -2.34. The Morgan fingerprint density at radius 2 is 1.98 bits per heavy atom. The van der Waals surface area contributed by atoms with Gasteiger partial charge in [-0.15, -0.1) is 22.7 Å². The molecule has 0 unspecified atom stereocenters. The van der Waals surface area contributed by atoms with Crippen LogP contribution in [0.2, 0.25) is 0 Å². The summed E-state index contributed by atoms with van der Waals surface area (Å²) >= 11 is 2.61. The maximum Gasteiger partial charge on any atom is 0.280 e. The van der Waals surface area contributed by atoms with E-state index in [0.717, 1.165) is 62.2 Å². The molecule has 1 saturated heterocycles. The zero-order valence-corrected chi connectivity index (χ0v) is 28.5. The van der Waals surface area contributed by atoms with Gasteiger partial charge in [-0.2, -0.15) is 5.10 Å². The Kier molecular flexibility index (Phi) is 10.2. The second-order valence-electron chi connectivity index (χ2n) is 12.1. The van der Waals surface area contributed by atoms with E-state index in [4.69, 9.17) is 10.5 Å². The SMILES string of the molecule is CC[C@H](CO)NC1CCC(Oc2nc(C)sc2C(=O)N[C@@H]2CCCN(c3cc(-c4csc(C(=O)NC)n4)n4ncnc(N)c34)C2)CC1. The third-order valence-electron chi connectivity index (χ3n) is 8.89. The zero-order valence-electron chi connectivity index (χ0n) is 26.9. The van der Waals surface area contributed by atoms with Crippen molar-refractivity contribution in [3.63, 3.8) is 0 Å². The van der Waals surface area contributed by atoms with Gasteiger partial charge in [0.15, 0.2) is 15.7 Å². The number of hydrogen-bond donors (Lipinski definition) is 5. The highest BCUT2D eigenvalue weighted by Gasteiger charge is 2.30. The first-order valence-corrected chi connectivity index (χ1v) is 17.8. The van der Waals surface area contributed by atoms with Crippen LogP contribution in [0.1, 0.15) is 76.4 Å². The summed E-state index contributed by atoms with van der Waals surface area (Å²) in [5, 5.41) is 26.4. The number of carbonyl (C=O) groups excluding carboxylic acids is 2. The number of nitrogens with zero attached hydrogens (tertiary/aromatic N) is 6. The van der Waals surface area contributed by atoms with Crippen LogP contribution in [0.15, 0.2) is 17.8 Å². The van der Waals surface area contributed by atoms with Gasteiger partial charge in [-0.25, -0.2) is 19.5 Å². The fourth-order valence-corrected chi connectivity index (χ4v) is 7.92. The minimum Gasteiger partial charge on any atom is -0.473 e. The van der Waals surface area contributed by atoms with E-state index in [1.807, 2.05) is 18.4 Å². The first-order valence-electron chi connectivity index (χ1n) is 16.1. The molecule has 1 aliphatic heterocycles. The smallest absolute Gasteiger partial charge is 0.280 e. The van der Waals surface area contributed by atoms with E-state index in [2.05, 4.69) is 47.8 Å². The molecule has 2 amide bonds. The van der Waals surface area contributed by atoms with Crippen LogP contribution >= 0.6 is 22.7 Å². The van der Waals surface area contributed by atoms with Crippen LogP contribution in [-0.2, 0) is 0 Å². The van der Waals surface area contributed by atoms with Crippen molar-refractivity contribution in [1.82, 2.24) is 40.5 Å². The number of aliphatic hydroxyl groups excluding tert-OH is 1. The third-order valence-corrected chi connectivity index (χ3v) is 10.7. The van der Waals surface area contributed by atoms with Crippen molar-refractivity contribution >= 4 is 51.5 Å². The molecule has 4 aromatic rings. The number of aromatic nitrogens is 5. The van der Waals surface area contributed by atoms with Crippen LogP contribution < -0.4 is 31.3 Å². The van der Waals surface area contributed by atoms with E-state index in [0.29, 0.717) is 51.1 Å². The first kappa shape index (κ1) is 33.1.